The highest BCUT2D eigenvalue weighted by molar-refractivity contribution is 7.88. The van der Waals surface area contributed by atoms with Crippen molar-refractivity contribution in [3.8, 4) is 11.1 Å². The Morgan fingerprint density at radius 1 is 1.24 bits per heavy atom. The molecule has 34 heavy (non-hydrogen) atoms. The molecule has 2 fully saturated rings. The zero-order valence-corrected chi connectivity index (χ0v) is 20.6. The van der Waals surface area contributed by atoms with Gasteiger partial charge >= 0.3 is 6.03 Å². The average Bonchev–Trinajstić information content (AvgIpc) is 3.49. The van der Waals surface area contributed by atoms with Gasteiger partial charge in [-0.15, -0.1) is 0 Å². The van der Waals surface area contributed by atoms with Crippen LogP contribution in [-0.4, -0.2) is 73.9 Å². The minimum Gasteiger partial charge on any atom is -0.392 e. The SMILES string of the molecule is CC(O)CN(C)C(=O)N1CC2(CC2)[C@H](NS(C)(=O)=O)[C@@H]1Cc1cccc(-c2ccccc2)c1F. The quantitative estimate of drug-likeness (QED) is 0.626. The zero-order chi connectivity index (χ0) is 24.7. The van der Waals surface area contributed by atoms with Gasteiger partial charge in [0.15, 0.2) is 0 Å². The summed E-state index contributed by atoms with van der Waals surface area (Å²) < 4.78 is 42.9. The Bertz CT molecular complexity index is 1150. The molecular weight excluding hydrogens is 457 g/mol. The van der Waals surface area contributed by atoms with E-state index in [1.807, 2.05) is 30.3 Å². The van der Waals surface area contributed by atoms with Crippen molar-refractivity contribution in [1.29, 1.82) is 0 Å². The molecule has 0 radical (unpaired) electrons. The summed E-state index contributed by atoms with van der Waals surface area (Å²) in [4.78, 5) is 16.4. The van der Waals surface area contributed by atoms with Crippen LogP contribution in [0.5, 0.6) is 0 Å². The second-order valence-electron chi connectivity index (χ2n) is 9.79. The van der Waals surface area contributed by atoms with E-state index in [4.69, 9.17) is 0 Å². The molecule has 2 aromatic carbocycles. The van der Waals surface area contributed by atoms with Crippen LogP contribution in [0.15, 0.2) is 48.5 Å². The van der Waals surface area contributed by atoms with Gasteiger partial charge in [-0.2, -0.15) is 0 Å². The number of nitrogens with one attached hydrogen (secondary N) is 1. The fourth-order valence-corrected chi connectivity index (χ4v) is 6.01. The summed E-state index contributed by atoms with van der Waals surface area (Å²) in [6.45, 7) is 2.15. The number of nitrogens with zero attached hydrogens (tertiary/aromatic N) is 2. The highest BCUT2D eigenvalue weighted by Gasteiger charge is 2.61. The van der Waals surface area contributed by atoms with E-state index in [1.165, 1.54) is 4.90 Å². The number of carbonyl (C=O) groups excluding carboxylic acids is 1. The van der Waals surface area contributed by atoms with Crippen LogP contribution in [0.4, 0.5) is 9.18 Å². The first-order chi connectivity index (χ1) is 16.0. The molecule has 1 spiro atoms. The van der Waals surface area contributed by atoms with Crippen molar-refractivity contribution >= 4 is 16.1 Å². The highest BCUT2D eigenvalue weighted by Crippen LogP contribution is 2.55. The van der Waals surface area contributed by atoms with Crippen molar-refractivity contribution in [2.45, 2.75) is 44.4 Å². The number of aliphatic hydroxyl groups is 1. The second kappa shape index (κ2) is 9.28. The predicted molar refractivity (Wildman–Crippen MR) is 129 cm³/mol. The molecular formula is C25H32FN3O4S. The van der Waals surface area contributed by atoms with Gasteiger partial charge in [0.05, 0.1) is 18.4 Å². The molecule has 0 aromatic heterocycles. The highest BCUT2D eigenvalue weighted by atomic mass is 32.2. The standard InChI is InChI=1S/C25H32FN3O4S/c1-17(30)15-28(2)24(31)29-16-25(12-13-25)23(27-34(3,32)33)21(29)14-19-10-7-11-20(22(19)26)18-8-5-4-6-9-18/h4-11,17,21,23,27,30H,12-16H2,1-3H3/t17?,21-,23+/m0/s1. The molecule has 1 unspecified atom stereocenters. The molecule has 1 aliphatic carbocycles. The largest absolute Gasteiger partial charge is 0.392 e. The van der Waals surface area contributed by atoms with Crippen molar-refractivity contribution in [2.24, 2.45) is 5.41 Å². The Hall–Kier alpha value is -2.49. The summed E-state index contributed by atoms with van der Waals surface area (Å²) in [5, 5.41) is 9.76. The number of urea groups is 1. The van der Waals surface area contributed by atoms with Crippen LogP contribution in [-0.2, 0) is 16.4 Å². The Morgan fingerprint density at radius 3 is 2.50 bits per heavy atom. The molecule has 0 bridgehead atoms. The number of likely N-dealkylation sites (N-methyl/N-ethyl adjacent to an activating group) is 1. The molecule has 2 N–H and O–H groups in total. The number of hydrogen-bond acceptors (Lipinski definition) is 4. The Morgan fingerprint density at radius 2 is 1.91 bits per heavy atom. The molecule has 2 aromatic rings. The van der Waals surface area contributed by atoms with Crippen molar-refractivity contribution < 1.29 is 22.7 Å². The van der Waals surface area contributed by atoms with E-state index in [2.05, 4.69) is 4.72 Å². The first-order valence-electron chi connectivity index (χ1n) is 11.5. The van der Waals surface area contributed by atoms with Gasteiger partial charge in [0.1, 0.15) is 5.82 Å². The van der Waals surface area contributed by atoms with Crippen LogP contribution in [0, 0.1) is 11.2 Å². The van der Waals surface area contributed by atoms with Crippen LogP contribution in [0.25, 0.3) is 11.1 Å². The number of benzene rings is 2. The summed E-state index contributed by atoms with van der Waals surface area (Å²) >= 11 is 0. The van der Waals surface area contributed by atoms with E-state index in [-0.39, 0.29) is 30.2 Å². The number of carbonyl (C=O) groups is 1. The van der Waals surface area contributed by atoms with Gasteiger partial charge in [-0.05, 0) is 37.3 Å². The molecule has 1 saturated carbocycles. The van der Waals surface area contributed by atoms with E-state index in [0.717, 1.165) is 24.7 Å². The van der Waals surface area contributed by atoms with Crippen LogP contribution in [0.2, 0.25) is 0 Å². The minimum atomic E-state index is -3.55. The van der Waals surface area contributed by atoms with Crippen molar-refractivity contribution in [1.82, 2.24) is 14.5 Å². The third-order valence-corrected chi connectivity index (χ3v) is 7.55. The minimum absolute atomic E-state index is 0.150. The fraction of sp³-hybridized carbons (Fsp3) is 0.480. The van der Waals surface area contributed by atoms with Crippen LogP contribution < -0.4 is 4.72 Å². The van der Waals surface area contributed by atoms with E-state index in [9.17, 15) is 18.3 Å². The van der Waals surface area contributed by atoms with Gasteiger partial charge in [-0.3, -0.25) is 0 Å². The van der Waals surface area contributed by atoms with Gasteiger partial charge in [0, 0.05) is 37.2 Å². The molecule has 3 atom stereocenters. The Kier molecular flexibility index (Phi) is 6.72. The van der Waals surface area contributed by atoms with Crippen molar-refractivity contribution in [2.75, 3.05) is 26.4 Å². The molecule has 9 heteroatoms. The van der Waals surface area contributed by atoms with Crippen molar-refractivity contribution in [3.05, 3.63) is 59.9 Å². The first kappa shape index (κ1) is 24.6. The maximum absolute atomic E-state index is 15.7. The summed E-state index contributed by atoms with van der Waals surface area (Å²) in [6.07, 6.45) is 2.19. The van der Waals surface area contributed by atoms with Gasteiger partial charge in [-0.1, -0.05) is 48.5 Å². The lowest BCUT2D eigenvalue weighted by atomic mass is 9.91. The number of amides is 2. The summed E-state index contributed by atoms with van der Waals surface area (Å²) in [6, 6.07) is 13.1. The fourth-order valence-electron chi connectivity index (χ4n) is 5.14. The topological polar surface area (TPSA) is 89.9 Å². The Labute approximate surface area is 200 Å². The maximum Gasteiger partial charge on any atom is 0.320 e. The van der Waals surface area contributed by atoms with Gasteiger partial charge in [-0.25, -0.2) is 22.3 Å². The van der Waals surface area contributed by atoms with Crippen LogP contribution in [0.3, 0.4) is 0 Å². The smallest absolute Gasteiger partial charge is 0.320 e. The first-order valence-corrected chi connectivity index (χ1v) is 13.4. The number of aliphatic hydroxyl groups excluding tert-OH is 1. The third-order valence-electron chi connectivity index (χ3n) is 6.87. The molecule has 1 aliphatic heterocycles. The summed E-state index contributed by atoms with van der Waals surface area (Å²) in [5.41, 5.74) is 1.31. The van der Waals surface area contributed by atoms with Crippen LogP contribution >= 0.6 is 0 Å². The lowest BCUT2D eigenvalue weighted by molar-refractivity contribution is 0.118. The molecule has 1 heterocycles. The maximum atomic E-state index is 15.7. The molecule has 184 valence electrons. The number of hydrogen-bond donors (Lipinski definition) is 2. The number of likely N-dealkylation sites (tertiary alicyclic amines) is 1. The van der Waals surface area contributed by atoms with Gasteiger partial charge in [0.25, 0.3) is 0 Å². The van der Waals surface area contributed by atoms with E-state index >= 15 is 4.39 Å². The normalized spacial score (nSPS) is 22.1. The Balaban J connectivity index is 1.70. The zero-order valence-electron chi connectivity index (χ0n) is 19.7. The lowest BCUT2D eigenvalue weighted by Crippen LogP contribution is -2.52. The molecule has 7 nitrogen and oxygen atoms in total. The van der Waals surface area contributed by atoms with Crippen molar-refractivity contribution in [3.63, 3.8) is 0 Å². The van der Waals surface area contributed by atoms with E-state index < -0.39 is 28.2 Å². The second-order valence-corrected chi connectivity index (χ2v) is 11.6. The molecule has 4 rings (SSSR count). The lowest BCUT2D eigenvalue weighted by Gasteiger charge is -2.32. The number of halogens is 1. The van der Waals surface area contributed by atoms with Crippen LogP contribution in [0.1, 0.15) is 25.3 Å². The third kappa shape index (κ3) is 5.11. The molecule has 2 aliphatic rings. The van der Waals surface area contributed by atoms with Gasteiger partial charge in [0.2, 0.25) is 10.0 Å². The summed E-state index contributed by atoms with van der Waals surface area (Å²) in [7, 11) is -1.94. The summed E-state index contributed by atoms with van der Waals surface area (Å²) in [5.74, 6) is -0.367. The molecule has 2 amide bonds. The number of rotatable bonds is 7. The van der Waals surface area contributed by atoms with Gasteiger partial charge < -0.3 is 14.9 Å². The monoisotopic (exact) mass is 489 g/mol. The van der Waals surface area contributed by atoms with E-state index in [0.29, 0.717) is 17.7 Å². The average molecular weight is 490 g/mol. The molecule has 1 saturated heterocycles. The van der Waals surface area contributed by atoms with E-state index in [1.54, 1.807) is 37.1 Å². The number of sulfonamides is 1. The predicted octanol–water partition coefficient (Wildman–Crippen LogP) is 2.85.